The van der Waals surface area contributed by atoms with Gasteiger partial charge in [0.1, 0.15) is 6.04 Å². The van der Waals surface area contributed by atoms with Crippen molar-refractivity contribution in [3.05, 3.63) is 28.3 Å². The van der Waals surface area contributed by atoms with Gasteiger partial charge in [0.15, 0.2) is 5.75 Å². The van der Waals surface area contributed by atoms with E-state index in [4.69, 9.17) is 4.74 Å². The van der Waals surface area contributed by atoms with Crippen LogP contribution in [0.25, 0.3) is 0 Å². The third kappa shape index (κ3) is 3.17. The summed E-state index contributed by atoms with van der Waals surface area (Å²) in [6.45, 7) is 2.80. The van der Waals surface area contributed by atoms with E-state index < -0.39 is 4.92 Å². The van der Waals surface area contributed by atoms with Gasteiger partial charge in [0.2, 0.25) is 5.91 Å². The first-order chi connectivity index (χ1) is 9.61. The van der Waals surface area contributed by atoms with Crippen molar-refractivity contribution in [1.29, 1.82) is 0 Å². The molecule has 1 aliphatic rings. The minimum atomic E-state index is -0.484. The van der Waals surface area contributed by atoms with E-state index in [0.717, 1.165) is 12.8 Å². The van der Waals surface area contributed by atoms with Crippen LogP contribution in [-0.4, -0.2) is 30.0 Å². The van der Waals surface area contributed by atoms with E-state index in [1.807, 2.05) is 0 Å². The number of carbonyl (C=O) groups is 1. The van der Waals surface area contributed by atoms with Crippen LogP contribution < -0.4 is 15.4 Å². The Morgan fingerprint density at radius 3 is 3.00 bits per heavy atom. The highest BCUT2D eigenvalue weighted by Gasteiger charge is 2.23. The van der Waals surface area contributed by atoms with Crippen LogP contribution in [0, 0.1) is 10.1 Å². The molecule has 0 bridgehead atoms. The van der Waals surface area contributed by atoms with E-state index in [-0.39, 0.29) is 23.4 Å². The third-order valence-electron chi connectivity index (χ3n) is 3.08. The van der Waals surface area contributed by atoms with Crippen LogP contribution in [0.5, 0.6) is 5.75 Å². The number of carbonyl (C=O) groups excluding carboxylic acids is 1. The Kier molecular flexibility index (Phi) is 4.39. The topological polar surface area (TPSA) is 93.5 Å². The Morgan fingerprint density at radius 1 is 1.55 bits per heavy atom. The Balaban J connectivity index is 2.17. The molecule has 20 heavy (non-hydrogen) atoms. The molecule has 1 saturated heterocycles. The number of nitrogens with one attached hydrogen (secondary N) is 2. The maximum absolute atomic E-state index is 11.7. The van der Waals surface area contributed by atoms with Crippen molar-refractivity contribution < 1.29 is 14.5 Å². The number of anilines is 1. The van der Waals surface area contributed by atoms with E-state index in [2.05, 4.69) is 10.6 Å². The molecule has 1 amide bonds. The fourth-order valence-corrected chi connectivity index (χ4v) is 2.14. The van der Waals surface area contributed by atoms with Crippen molar-refractivity contribution in [2.24, 2.45) is 0 Å². The van der Waals surface area contributed by atoms with E-state index in [9.17, 15) is 14.9 Å². The maximum atomic E-state index is 11.7. The predicted octanol–water partition coefficient (Wildman–Crippen LogP) is 1.68. The highest BCUT2D eigenvalue weighted by molar-refractivity contribution is 5.85. The van der Waals surface area contributed by atoms with Gasteiger partial charge in [0.25, 0.3) is 0 Å². The molecule has 1 atom stereocenters. The van der Waals surface area contributed by atoms with Crippen LogP contribution in [0.4, 0.5) is 11.4 Å². The lowest BCUT2D eigenvalue weighted by atomic mass is 10.1. The van der Waals surface area contributed by atoms with Gasteiger partial charge >= 0.3 is 5.69 Å². The number of nitrogens with zero attached hydrogens (tertiary/aromatic N) is 1. The summed E-state index contributed by atoms with van der Waals surface area (Å²) in [5.41, 5.74) is 0.562. The quantitative estimate of drug-likeness (QED) is 0.632. The number of nitro benzene ring substituents is 1. The molecular formula is C13H17N3O4. The molecule has 0 saturated carbocycles. The van der Waals surface area contributed by atoms with E-state index in [1.54, 1.807) is 19.1 Å². The van der Waals surface area contributed by atoms with E-state index >= 15 is 0 Å². The molecule has 7 nitrogen and oxygen atoms in total. The Labute approximate surface area is 116 Å². The molecule has 1 aromatic carbocycles. The zero-order valence-electron chi connectivity index (χ0n) is 11.2. The predicted molar refractivity (Wildman–Crippen MR) is 73.9 cm³/mol. The molecule has 108 valence electrons. The molecule has 1 unspecified atom stereocenters. The number of hydrogen-bond donors (Lipinski definition) is 2. The van der Waals surface area contributed by atoms with Gasteiger partial charge in [-0.1, -0.05) is 0 Å². The normalized spacial score (nSPS) is 18.2. The average Bonchev–Trinajstić information content (AvgIpc) is 2.42. The number of nitro groups is 1. The van der Waals surface area contributed by atoms with Gasteiger partial charge in [-0.25, -0.2) is 0 Å². The lowest BCUT2D eigenvalue weighted by Crippen LogP contribution is -2.44. The fourth-order valence-electron chi connectivity index (χ4n) is 2.14. The fraction of sp³-hybridized carbons (Fsp3) is 0.462. The second-order valence-electron chi connectivity index (χ2n) is 4.50. The van der Waals surface area contributed by atoms with Gasteiger partial charge < -0.3 is 15.4 Å². The monoisotopic (exact) mass is 279 g/mol. The van der Waals surface area contributed by atoms with Crippen LogP contribution >= 0.6 is 0 Å². The summed E-state index contributed by atoms with van der Waals surface area (Å²) in [6, 6.07) is 4.22. The number of rotatable bonds is 5. The van der Waals surface area contributed by atoms with Gasteiger partial charge in [0, 0.05) is 24.4 Å². The van der Waals surface area contributed by atoms with Gasteiger partial charge in [-0.05, 0) is 25.8 Å². The van der Waals surface area contributed by atoms with Crippen molar-refractivity contribution in [3.63, 3.8) is 0 Å². The lowest BCUT2D eigenvalue weighted by Gasteiger charge is -2.23. The maximum Gasteiger partial charge on any atom is 0.311 e. The van der Waals surface area contributed by atoms with Crippen molar-refractivity contribution in [2.75, 3.05) is 18.5 Å². The first-order valence-electron chi connectivity index (χ1n) is 6.57. The van der Waals surface area contributed by atoms with Crippen molar-refractivity contribution in [2.45, 2.75) is 25.8 Å². The third-order valence-corrected chi connectivity index (χ3v) is 3.08. The van der Waals surface area contributed by atoms with Crippen molar-refractivity contribution >= 4 is 17.3 Å². The summed E-state index contributed by atoms with van der Waals surface area (Å²) in [7, 11) is 0. The first-order valence-corrected chi connectivity index (χ1v) is 6.57. The second-order valence-corrected chi connectivity index (χ2v) is 4.50. The number of benzene rings is 1. The number of ether oxygens (including phenoxy) is 1. The zero-order valence-corrected chi connectivity index (χ0v) is 11.2. The Bertz CT molecular complexity index is 518. The summed E-state index contributed by atoms with van der Waals surface area (Å²) in [5, 5.41) is 16.8. The van der Waals surface area contributed by atoms with Crippen molar-refractivity contribution in [3.8, 4) is 5.75 Å². The van der Waals surface area contributed by atoms with Crippen molar-refractivity contribution in [1.82, 2.24) is 5.32 Å². The smallest absolute Gasteiger partial charge is 0.311 e. The standard InChI is InChI=1S/C13H17N3O4/c1-2-20-12-8-9(5-6-11(12)16(18)19)15-10-4-3-7-14-13(10)17/h5-6,8,10,15H,2-4,7H2,1H3,(H,14,17). The molecule has 1 fully saturated rings. The van der Waals surface area contributed by atoms with Gasteiger partial charge in [-0.3, -0.25) is 14.9 Å². The van der Waals surface area contributed by atoms with Crippen LogP contribution in [0.3, 0.4) is 0 Å². The molecule has 0 aliphatic carbocycles. The molecule has 1 aromatic rings. The highest BCUT2D eigenvalue weighted by Crippen LogP contribution is 2.30. The summed E-state index contributed by atoms with van der Waals surface area (Å²) < 4.78 is 5.27. The van der Waals surface area contributed by atoms with Crippen LogP contribution in [0.2, 0.25) is 0 Å². The molecule has 2 rings (SSSR count). The van der Waals surface area contributed by atoms with E-state index in [0.29, 0.717) is 18.8 Å². The highest BCUT2D eigenvalue weighted by atomic mass is 16.6. The molecule has 2 N–H and O–H groups in total. The molecule has 1 aliphatic heterocycles. The lowest BCUT2D eigenvalue weighted by molar-refractivity contribution is -0.385. The largest absolute Gasteiger partial charge is 0.487 e. The minimum absolute atomic E-state index is 0.0486. The van der Waals surface area contributed by atoms with Crippen LogP contribution in [0.15, 0.2) is 18.2 Å². The molecule has 1 heterocycles. The molecule has 0 spiro atoms. The van der Waals surface area contributed by atoms with Crippen LogP contribution in [0.1, 0.15) is 19.8 Å². The summed E-state index contributed by atoms with van der Waals surface area (Å²) in [4.78, 5) is 22.1. The molecule has 0 radical (unpaired) electrons. The van der Waals surface area contributed by atoms with Gasteiger partial charge in [-0.15, -0.1) is 0 Å². The number of hydrogen-bond acceptors (Lipinski definition) is 5. The summed E-state index contributed by atoms with van der Waals surface area (Å²) >= 11 is 0. The summed E-state index contributed by atoms with van der Waals surface area (Å²) in [5.74, 6) is 0.159. The van der Waals surface area contributed by atoms with E-state index in [1.165, 1.54) is 6.07 Å². The number of piperidine rings is 1. The Hall–Kier alpha value is -2.31. The van der Waals surface area contributed by atoms with Crippen LogP contribution in [-0.2, 0) is 4.79 Å². The average molecular weight is 279 g/mol. The first kappa shape index (κ1) is 14.1. The molecular weight excluding hydrogens is 262 g/mol. The van der Waals surface area contributed by atoms with Gasteiger partial charge in [-0.2, -0.15) is 0 Å². The SMILES string of the molecule is CCOc1cc(NC2CCCNC2=O)ccc1[N+](=O)[O-]. The molecule has 7 heteroatoms. The number of amides is 1. The zero-order chi connectivity index (χ0) is 14.5. The molecule has 0 aromatic heterocycles. The second kappa shape index (κ2) is 6.23. The minimum Gasteiger partial charge on any atom is -0.487 e. The Morgan fingerprint density at radius 2 is 2.35 bits per heavy atom. The summed E-state index contributed by atoms with van der Waals surface area (Å²) in [6.07, 6.45) is 1.65. The van der Waals surface area contributed by atoms with Gasteiger partial charge in [0.05, 0.1) is 11.5 Å².